The molecule has 236 valence electrons. The monoisotopic (exact) mass is 607 g/mol. The molecule has 0 spiro atoms. The highest BCUT2D eigenvalue weighted by Gasteiger charge is 2.32. The van der Waals surface area contributed by atoms with Crippen LogP contribution < -0.4 is 5.32 Å². The van der Waals surface area contributed by atoms with E-state index in [1.54, 1.807) is 51.7 Å². The fraction of sp³-hybridized carbons (Fsp3) is 0.500. The van der Waals surface area contributed by atoms with E-state index >= 15 is 0 Å². The summed E-state index contributed by atoms with van der Waals surface area (Å²) >= 11 is 0. The van der Waals surface area contributed by atoms with E-state index in [-0.39, 0.29) is 62.8 Å². The van der Waals surface area contributed by atoms with Gasteiger partial charge in [0.15, 0.2) is 5.82 Å². The number of hydrogen-bond acceptors (Lipinski definition) is 9. The van der Waals surface area contributed by atoms with Crippen LogP contribution in [0.3, 0.4) is 0 Å². The lowest BCUT2D eigenvalue weighted by atomic mass is 10.1. The molecule has 0 radical (unpaired) electrons. The number of piperazine rings is 1. The minimum atomic E-state index is -1.07. The zero-order valence-corrected chi connectivity index (χ0v) is 26.0. The molecular formula is C32H41N5O7. The quantitative estimate of drug-likeness (QED) is 0.324. The maximum atomic E-state index is 13.7. The molecule has 44 heavy (non-hydrogen) atoms. The van der Waals surface area contributed by atoms with Crippen molar-refractivity contribution in [2.75, 3.05) is 32.8 Å². The largest absolute Gasteiger partial charge is 0.460 e. The highest BCUT2D eigenvalue weighted by molar-refractivity contribution is 5.96. The van der Waals surface area contributed by atoms with E-state index in [0.29, 0.717) is 12.0 Å². The van der Waals surface area contributed by atoms with Crippen molar-refractivity contribution in [2.24, 2.45) is 0 Å². The molecule has 0 bridgehead atoms. The Balaban J connectivity index is 1.86. The Morgan fingerprint density at radius 2 is 1.68 bits per heavy atom. The van der Waals surface area contributed by atoms with Gasteiger partial charge in [-0.3, -0.25) is 14.4 Å². The molecule has 1 aliphatic heterocycles. The van der Waals surface area contributed by atoms with E-state index < -0.39 is 41.6 Å². The Kier molecular flexibility index (Phi) is 12.2. The van der Waals surface area contributed by atoms with Crippen LogP contribution in [0.15, 0.2) is 36.4 Å². The first kappa shape index (κ1) is 34.0. The van der Waals surface area contributed by atoms with Crippen molar-refractivity contribution >= 4 is 23.9 Å². The average molecular weight is 608 g/mol. The molecule has 1 unspecified atom stereocenters. The minimum absolute atomic E-state index is 0.0104. The van der Waals surface area contributed by atoms with Crippen LogP contribution in [0, 0.1) is 11.8 Å². The fourth-order valence-electron chi connectivity index (χ4n) is 4.29. The van der Waals surface area contributed by atoms with Gasteiger partial charge in [-0.05, 0) is 46.5 Å². The summed E-state index contributed by atoms with van der Waals surface area (Å²) in [4.78, 5) is 63.9. The van der Waals surface area contributed by atoms with Gasteiger partial charge in [0.1, 0.15) is 29.1 Å². The van der Waals surface area contributed by atoms with E-state index in [1.807, 2.05) is 18.2 Å². The summed E-state index contributed by atoms with van der Waals surface area (Å²) in [5, 5.41) is 12.7. The molecule has 1 aromatic heterocycles. The predicted octanol–water partition coefficient (Wildman–Crippen LogP) is 2.79. The second kappa shape index (κ2) is 15.8. The highest BCUT2D eigenvalue weighted by atomic mass is 16.6. The first-order chi connectivity index (χ1) is 20.9. The minimum Gasteiger partial charge on any atom is -0.460 e. The van der Waals surface area contributed by atoms with Gasteiger partial charge in [0.25, 0.3) is 5.91 Å². The molecule has 3 rings (SSSR count). The lowest BCUT2D eigenvalue weighted by Gasteiger charge is -2.36. The summed E-state index contributed by atoms with van der Waals surface area (Å²) < 4.78 is 10.5. The number of esters is 1. The molecular weight excluding hydrogens is 566 g/mol. The summed E-state index contributed by atoms with van der Waals surface area (Å²) in [6.07, 6.45) is -1.00. The number of aromatic nitrogens is 2. The molecule has 2 aromatic rings. The molecule has 2 heterocycles. The number of rotatable bonds is 9. The van der Waals surface area contributed by atoms with Gasteiger partial charge in [-0.25, -0.2) is 14.8 Å². The molecule has 3 amide bonds. The Bertz CT molecular complexity index is 1370. The number of nitrogens with zero attached hydrogens (tertiary/aromatic N) is 4. The van der Waals surface area contributed by atoms with E-state index in [2.05, 4.69) is 27.1 Å². The number of aliphatic hydroxyl groups excluding tert-OH is 1. The number of benzene rings is 1. The first-order valence-corrected chi connectivity index (χ1v) is 14.8. The second-order valence-corrected chi connectivity index (χ2v) is 11.2. The van der Waals surface area contributed by atoms with Gasteiger partial charge >= 0.3 is 12.1 Å². The number of amides is 3. The zero-order valence-electron chi connectivity index (χ0n) is 26.0. The zero-order chi connectivity index (χ0) is 32.3. The van der Waals surface area contributed by atoms with Gasteiger partial charge in [0.2, 0.25) is 5.91 Å². The normalized spacial score (nSPS) is 14.5. The summed E-state index contributed by atoms with van der Waals surface area (Å²) in [6.45, 7) is 10.0. The van der Waals surface area contributed by atoms with Crippen molar-refractivity contribution in [1.29, 1.82) is 0 Å². The number of carbonyl (C=O) groups is 4. The SMILES string of the molecule is CCOC(=O)N1CCN(C(=O)[C@H](CCC(=O)OC(C)(C)C)NC(=O)c2cc(C#CC(O)CC)nc(-c3ccccc3)n2)CC1. The highest BCUT2D eigenvalue weighted by Crippen LogP contribution is 2.17. The molecule has 1 aromatic carbocycles. The lowest BCUT2D eigenvalue weighted by molar-refractivity contribution is -0.155. The maximum absolute atomic E-state index is 13.7. The van der Waals surface area contributed by atoms with Gasteiger partial charge in [0.05, 0.1) is 6.61 Å². The van der Waals surface area contributed by atoms with Crippen LogP contribution in [0.1, 0.15) is 70.1 Å². The Labute approximate surface area is 258 Å². The van der Waals surface area contributed by atoms with E-state index in [1.165, 1.54) is 11.0 Å². The molecule has 0 saturated carbocycles. The summed E-state index contributed by atoms with van der Waals surface area (Å²) in [7, 11) is 0. The lowest BCUT2D eigenvalue weighted by Crippen LogP contribution is -2.56. The number of aliphatic hydroxyl groups is 1. The van der Waals surface area contributed by atoms with Gasteiger partial charge in [-0.15, -0.1) is 0 Å². The van der Waals surface area contributed by atoms with E-state index in [0.717, 1.165) is 0 Å². The van der Waals surface area contributed by atoms with Gasteiger partial charge in [0, 0.05) is 44.2 Å². The Hall–Kier alpha value is -4.50. The second-order valence-electron chi connectivity index (χ2n) is 11.2. The third kappa shape index (κ3) is 10.3. The predicted molar refractivity (Wildman–Crippen MR) is 162 cm³/mol. The maximum Gasteiger partial charge on any atom is 0.409 e. The van der Waals surface area contributed by atoms with Crippen molar-refractivity contribution < 1.29 is 33.8 Å². The molecule has 1 aliphatic rings. The smallest absolute Gasteiger partial charge is 0.409 e. The summed E-state index contributed by atoms with van der Waals surface area (Å²) in [5.74, 6) is 4.20. The first-order valence-electron chi connectivity index (χ1n) is 14.8. The van der Waals surface area contributed by atoms with Crippen LogP contribution in [0.5, 0.6) is 0 Å². The fourth-order valence-corrected chi connectivity index (χ4v) is 4.29. The van der Waals surface area contributed by atoms with Crippen LogP contribution in [0.2, 0.25) is 0 Å². The third-order valence-corrected chi connectivity index (χ3v) is 6.52. The average Bonchev–Trinajstić information content (AvgIpc) is 3.01. The molecule has 12 nitrogen and oxygen atoms in total. The molecule has 2 atom stereocenters. The van der Waals surface area contributed by atoms with Crippen LogP contribution >= 0.6 is 0 Å². The van der Waals surface area contributed by atoms with Gasteiger partial charge in [-0.2, -0.15) is 0 Å². The standard InChI is InChI=1S/C32H41N5O7/c1-6-24(38)14-13-23-21-26(34-28(33-23)22-11-9-8-10-12-22)29(40)35-25(15-16-27(39)44-32(3,4)5)30(41)36-17-19-37(20-18-36)31(42)43-7-2/h8-12,21,24-25,38H,6-7,15-20H2,1-5H3,(H,35,40)/t24?,25-/m0/s1. The van der Waals surface area contributed by atoms with Crippen LogP contribution in [-0.4, -0.2) is 99.3 Å². The van der Waals surface area contributed by atoms with E-state index in [9.17, 15) is 24.3 Å². The Morgan fingerprint density at radius 3 is 2.30 bits per heavy atom. The topological polar surface area (TPSA) is 151 Å². The molecule has 0 aliphatic carbocycles. The van der Waals surface area contributed by atoms with Crippen molar-refractivity contribution in [2.45, 2.75) is 71.6 Å². The third-order valence-electron chi connectivity index (χ3n) is 6.52. The van der Waals surface area contributed by atoms with Crippen LogP contribution in [0.4, 0.5) is 4.79 Å². The van der Waals surface area contributed by atoms with E-state index in [4.69, 9.17) is 9.47 Å². The van der Waals surface area contributed by atoms with Crippen LogP contribution in [-0.2, 0) is 19.1 Å². The van der Waals surface area contributed by atoms with Crippen LogP contribution in [0.25, 0.3) is 11.4 Å². The number of carbonyl (C=O) groups excluding carboxylic acids is 4. The summed E-state index contributed by atoms with van der Waals surface area (Å²) in [6, 6.07) is 9.36. The molecule has 1 fully saturated rings. The van der Waals surface area contributed by atoms with Crippen molar-refractivity contribution in [3.63, 3.8) is 0 Å². The van der Waals surface area contributed by atoms with Crippen molar-refractivity contribution in [3.8, 4) is 23.2 Å². The Morgan fingerprint density at radius 1 is 1.02 bits per heavy atom. The van der Waals surface area contributed by atoms with Gasteiger partial charge in [-0.1, -0.05) is 43.2 Å². The number of hydrogen-bond donors (Lipinski definition) is 2. The number of nitrogens with one attached hydrogen (secondary N) is 1. The van der Waals surface area contributed by atoms with Crippen molar-refractivity contribution in [1.82, 2.24) is 25.1 Å². The molecule has 12 heteroatoms. The van der Waals surface area contributed by atoms with Gasteiger partial charge < -0.3 is 29.7 Å². The molecule has 2 N–H and O–H groups in total. The van der Waals surface area contributed by atoms with Crippen molar-refractivity contribution in [3.05, 3.63) is 47.8 Å². The molecule has 1 saturated heterocycles. The summed E-state index contributed by atoms with van der Waals surface area (Å²) in [5.41, 5.74) is 0.138. The number of ether oxygens (including phenoxy) is 2.